The van der Waals surface area contributed by atoms with Gasteiger partial charge >= 0.3 is 5.97 Å². The van der Waals surface area contributed by atoms with Gasteiger partial charge < -0.3 is 4.74 Å². The maximum absolute atomic E-state index is 12.5. The van der Waals surface area contributed by atoms with Crippen molar-refractivity contribution in [1.29, 1.82) is 0 Å². The van der Waals surface area contributed by atoms with Gasteiger partial charge in [-0.25, -0.2) is 9.97 Å². The molecule has 0 bridgehead atoms. The predicted molar refractivity (Wildman–Crippen MR) is 130 cm³/mol. The van der Waals surface area contributed by atoms with E-state index in [1.807, 2.05) is 73.1 Å². The van der Waals surface area contributed by atoms with Crippen molar-refractivity contribution < 1.29 is 9.53 Å². The second-order valence-corrected chi connectivity index (χ2v) is 9.41. The predicted octanol–water partition coefficient (Wildman–Crippen LogP) is 6.27. The minimum absolute atomic E-state index is 0.162. The molecule has 0 aliphatic rings. The van der Waals surface area contributed by atoms with E-state index in [-0.39, 0.29) is 17.8 Å². The van der Waals surface area contributed by atoms with Crippen LogP contribution in [0.5, 0.6) is 5.75 Å². The van der Waals surface area contributed by atoms with Crippen LogP contribution in [0.15, 0.2) is 59.2 Å². The summed E-state index contributed by atoms with van der Waals surface area (Å²) in [4.78, 5) is 22.6. The van der Waals surface area contributed by atoms with Crippen molar-refractivity contribution in [3.05, 3.63) is 65.0 Å². The minimum Gasteiger partial charge on any atom is -0.424 e. The molecule has 0 amide bonds. The van der Waals surface area contributed by atoms with Gasteiger partial charge in [0.05, 0.1) is 23.1 Å². The van der Waals surface area contributed by atoms with Gasteiger partial charge in [-0.2, -0.15) is 0 Å². The van der Waals surface area contributed by atoms with E-state index in [0.29, 0.717) is 11.4 Å². The molecule has 0 spiro atoms. The maximum Gasteiger partial charge on any atom is 0.313 e. The van der Waals surface area contributed by atoms with Crippen LogP contribution in [0.1, 0.15) is 39.4 Å². The number of benzene rings is 2. The molecule has 0 saturated carbocycles. The highest BCUT2D eigenvalue weighted by Gasteiger charge is 2.24. The van der Waals surface area contributed by atoms with Gasteiger partial charge in [0.25, 0.3) is 0 Å². The van der Waals surface area contributed by atoms with Crippen molar-refractivity contribution in [2.24, 2.45) is 5.92 Å². The molecule has 6 nitrogen and oxygen atoms in total. The zero-order valence-electron chi connectivity index (χ0n) is 18.3. The molecule has 0 atom stereocenters. The Bertz CT molecular complexity index is 1480. The van der Waals surface area contributed by atoms with E-state index in [2.05, 4.69) is 34.2 Å². The number of hydrogen-bond acceptors (Lipinski definition) is 4. The molecule has 3 heterocycles. The molecule has 3 aromatic heterocycles. The first-order valence-electron chi connectivity index (χ1n) is 10.6. The normalized spacial score (nSPS) is 12.0. The van der Waals surface area contributed by atoms with Crippen LogP contribution in [0, 0.1) is 5.92 Å². The molecule has 5 rings (SSSR count). The fourth-order valence-electron chi connectivity index (χ4n) is 3.87. The number of para-hydroxylation sites is 2. The Morgan fingerprint density at radius 2 is 1.69 bits per heavy atom. The fraction of sp³-hybridized carbons (Fsp3) is 0.240. The summed E-state index contributed by atoms with van der Waals surface area (Å²) < 4.78 is 10.9. The SMILES string of the molecule is CC(C)C(=O)Oc1cn(-c2ccc(Br)cc2)c2nc(C(C)C)n3c4ccccc4nc3c12. The molecule has 2 aromatic carbocycles. The van der Waals surface area contributed by atoms with E-state index in [0.717, 1.165) is 38.1 Å². The largest absolute Gasteiger partial charge is 0.424 e. The number of ether oxygens (including phenoxy) is 1. The second kappa shape index (κ2) is 7.74. The topological polar surface area (TPSA) is 61.4 Å². The standard InChI is InChI=1S/C25H23BrN4O2/c1-14(2)22-28-23-21(24-27-18-7-5-6-8-19(18)30(22)24)20(32-25(31)15(3)4)13-29(23)17-11-9-16(26)10-12-17/h5-15H,1-4H3. The summed E-state index contributed by atoms with van der Waals surface area (Å²) in [5, 5.41) is 0.725. The monoisotopic (exact) mass is 490 g/mol. The number of aromatic nitrogens is 4. The molecule has 0 N–H and O–H groups in total. The molecule has 32 heavy (non-hydrogen) atoms. The Labute approximate surface area is 194 Å². The number of nitrogens with zero attached hydrogens (tertiary/aromatic N) is 4. The van der Waals surface area contributed by atoms with Crippen molar-refractivity contribution in [3.8, 4) is 11.4 Å². The van der Waals surface area contributed by atoms with Crippen LogP contribution in [0.25, 0.3) is 33.4 Å². The van der Waals surface area contributed by atoms with E-state index < -0.39 is 0 Å². The molecular formula is C25H23BrN4O2. The van der Waals surface area contributed by atoms with Crippen molar-refractivity contribution in [1.82, 2.24) is 18.9 Å². The van der Waals surface area contributed by atoms with Gasteiger partial charge in [0.2, 0.25) is 0 Å². The summed E-state index contributed by atoms with van der Waals surface area (Å²) in [5.74, 6) is 0.986. The number of halogens is 1. The Balaban J connectivity index is 1.92. The molecule has 0 unspecified atom stereocenters. The molecule has 5 aromatic rings. The van der Waals surface area contributed by atoms with Gasteiger partial charge in [-0.1, -0.05) is 55.8 Å². The Morgan fingerprint density at radius 1 is 0.969 bits per heavy atom. The summed E-state index contributed by atoms with van der Waals surface area (Å²) in [6, 6.07) is 16.0. The molecule has 0 radical (unpaired) electrons. The Morgan fingerprint density at radius 3 is 2.38 bits per heavy atom. The molecule has 0 fully saturated rings. The van der Waals surface area contributed by atoms with E-state index in [9.17, 15) is 4.79 Å². The fourth-order valence-corrected chi connectivity index (χ4v) is 4.13. The van der Waals surface area contributed by atoms with Gasteiger partial charge in [0.15, 0.2) is 17.0 Å². The lowest BCUT2D eigenvalue weighted by Crippen LogP contribution is -2.14. The van der Waals surface area contributed by atoms with Crippen LogP contribution in [-0.2, 0) is 4.79 Å². The van der Waals surface area contributed by atoms with Crippen molar-refractivity contribution in [2.75, 3.05) is 0 Å². The van der Waals surface area contributed by atoms with Crippen LogP contribution in [-0.4, -0.2) is 24.9 Å². The van der Waals surface area contributed by atoms with E-state index in [1.165, 1.54) is 0 Å². The van der Waals surface area contributed by atoms with Crippen molar-refractivity contribution in [3.63, 3.8) is 0 Å². The average Bonchev–Trinajstić information content (AvgIpc) is 3.32. The van der Waals surface area contributed by atoms with Crippen molar-refractivity contribution in [2.45, 2.75) is 33.6 Å². The van der Waals surface area contributed by atoms with Gasteiger partial charge in [-0.15, -0.1) is 0 Å². The maximum atomic E-state index is 12.5. The number of rotatable bonds is 4. The van der Waals surface area contributed by atoms with E-state index in [1.54, 1.807) is 0 Å². The molecular weight excluding hydrogens is 468 g/mol. The first kappa shape index (κ1) is 20.7. The number of carbonyl (C=O) groups is 1. The average molecular weight is 491 g/mol. The highest BCUT2D eigenvalue weighted by atomic mass is 79.9. The van der Waals surface area contributed by atoms with Crippen LogP contribution in [0.2, 0.25) is 0 Å². The third-order valence-electron chi connectivity index (χ3n) is 5.48. The zero-order chi connectivity index (χ0) is 22.6. The summed E-state index contributed by atoms with van der Waals surface area (Å²) in [5.41, 5.74) is 4.24. The summed E-state index contributed by atoms with van der Waals surface area (Å²) >= 11 is 3.50. The van der Waals surface area contributed by atoms with Gasteiger partial charge in [0.1, 0.15) is 11.2 Å². The highest BCUT2D eigenvalue weighted by Crippen LogP contribution is 2.36. The first-order chi connectivity index (χ1) is 15.3. The van der Waals surface area contributed by atoms with Crippen LogP contribution >= 0.6 is 15.9 Å². The second-order valence-electron chi connectivity index (χ2n) is 8.50. The van der Waals surface area contributed by atoms with E-state index >= 15 is 0 Å². The summed E-state index contributed by atoms with van der Waals surface area (Å²) in [6.45, 7) is 7.89. The number of hydrogen-bond donors (Lipinski definition) is 0. The van der Waals surface area contributed by atoms with E-state index in [4.69, 9.17) is 14.7 Å². The number of imidazole rings is 1. The van der Waals surface area contributed by atoms with Gasteiger partial charge in [-0.05, 0) is 36.4 Å². The third kappa shape index (κ3) is 3.28. The minimum atomic E-state index is -0.290. The number of carbonyl (C=O) groups excluding carboxylic acids is 1. The van der Waals surface area contributed by atoms with Crippen molar-refractivity contribution >= 4 is 49.6 Å². The summed E-state index contributed by atoms with van der Waals surface area (Å²) in [6.07, 6.45) is 1.84. The molecule has 0 aliphatic carbocycles. The van der Waals surface area contributed by atoms with Gasteiger partial charge in [0, 0.05) is 16.1 Å². The lowest BCUT2D eigenvalue weighted by Gasteiger charge is -2.12. The first-order valence-corrected chi connectivity index (χ1v) is 11.4. The zero-order valence-corrected chi connectivity index (χ0v) is 19.9. The lowest BCUT2D eigenvalue weighted by atomic mass is 10.2. The number of fused-ring (bicyclic) bond motifs is 5. The Hall–Kier alpha value is -3.19. The smallest absolute Gasteiger partial charge is 0.313 e. The third-order valence-corrected chi connectivity index (χ3v) is 6.01. The van der Waals surface area contributed by atoms with Crippen LogP contribution in [0.4, 0.5) is 0 Å². The highest BCUT2D eigenvalue weighted by molar-refractivity contribution is 9.10. The lowest BCUT2D eigenvalue weighted by molar-refractivity contribution is -0.137. The van der Waals surface area contributed by atoms with Crippen LogP contribution in [0.3, 0.4) is 0 Å². The summed E-state index contributed by atoms with van der Waals surface area (Å²) in [7, 11) is 0. The number of esters is 1. The molecule has 162 valence electrons. The molecule has 0 saturated heterocycles. The van der Waals surface area contributed by atoms with Crippen LogP contribution < -0.4 is 4.74 Å². The van der Waals surface area contributed by atoms with Gasteiger partial charge in [-0.3, -0.25) is 13.8 Å². The molecule has 7 heteroatoms. The molecule has 0 aliphatic heterocycles. The quantitative estimate of drug-likeness (QED) is 0.278. The Kier molecular flexibility index (Phi) is 5.01.